The zero-order valence-corrected chi connectivity index (χ0v) is 13.9. The van der Waals surface area contributed by atoms with Crippen LogP contribution in [0.15, 0.2) is 45.5 Å². The van der Waals surface area contributed by atoms with Gasteiger partial charge in [-0.05, 0) is 31.0 Å². The van der Waals surface area contributed by atoms with E-state index < -0.39 is 0 Å². The molecule has 0 unspecified atom stereocenters. The van der Waals surface area contributed by atoms with E-state index in [1.807, 2.05) is 41.2 Å². The van der Waals surface area contributed by atoms with E-state index in [2.05, 4.69) is 31.2 Å². The number of nitrogens with zero attached hydrogens (tertiary/aromatic N) is 4. The quantitative estimate of drug-likeness (QED) is 0.698. The summed E-state index contributed by atoms with van der Waals surface area (Å²) in [5.41, 5.74) is 1.60. The van der Waals surface area contributed by atoms with Crippen LogP contribution in [0.4, 0.5) is 0 Å². The van der Waals surface area contributed by atoms with Crippen molar-refractivity contribution in [3.63, 3.8) is 0 Å². The lowest BCUT2D eigenvalue weighted by Gasteiger charge is -2.22. The lowest BCUT2D eigenvalue weighted by molar-refractivity contribution is 0.0663. The average Bonchev–Trinajstić information content (AvgIpc) is 3.25. The van der Waals surface area contributed by atoms with Gasteiger partial charge in [0.2, 0.25) is 5.82 Å². The van der Waals surface area contributed by atoms with Crippen LogP contribution in [0, 0.1) is 0 Å². The van der Waals surface area contributed by atoms with Gasteiger partial charge >= 0.3 is 0 Å². The van der Waals surface area contributed by atoms with Crippen molar-refractivity contribution in [3.8, 4) is 23.0 Å². The van der Waals surface area contributed by atoms with Crippen LogP contribution in [0.1, 0.15) is 18.9 Å². The van der Waals surface area contributed by atoms with Gasteiger partial charge in [-0.1, -0.05) is 33.2 Å². The molecule has 6 nitrogen and oxygen atoms in total. The Balaban J connectivity index is 1.58. The molecule has 2 aromatic heterocycles. The number of hydrogen-bond acceptors (Lipinski definition) is 5. The van der Waals surface area contributed by atoms with Crippen LogP contribution in [0.5, 0.6) is 0 Å². The first-order chi connectivity index (χ1) is 11.3. The van der Waals surface area contributed by atoms with Crippen molar-refractivity contribution < 1.29 is 9.26 Å². The van der Waals surface area contributed by atoms with Crippen molar-refractivity contribution >= 4 is 15.9 Å². The molecule has 0 bridgehead atoms. The summed E-state index contributed by atoms with van der Waals surface area (Å²) in [7, 11) is 0. The number of halogens is 1. The minimum Gasteiger partial charge on any atom is -0.381 e. The van der Waals surface area contributed by atoms with Gasteiger partial charge in [0.1, 0.15) is 0 Å². The standard InChI is InChI=1S/C16H15BrN4O2/c17-12-3-1-2-11(10-12)15-18-16(23-20-15)14-4-7-21(19-14)13-5-8-22-9-6-13/h1-4,7,10,13H,5-6,8-9H2. The van der Waals surface area contributed by atoms with Gasteiger partial charge in [-0.15, -0.1) is 0 Å². The molecule has 0 aliphatic carbocycles. The van der Waals surface area contributed by atoms with Gasteiger partial charge in [0.05, 0.1) is 6.04 Å². The van der Waals surface area contributed by atoms with Crippen LogP contribution in [-0.2, 0) is 4.74 Å². The van der Waals surface area contributed by atoms with Gasteiger partial charge in [-0.3, -0.25) is 4.68 Å². The molecule has 1 saturated heterocycles. The fraction of sp³-hybridized carbons (Fsp3) is 0.312. The van der Waals surface area contributed by atoms with Crippen LogP contribution in [0.3, 0.4) is 0 Å². The molecule has 3 heterocycles. The Hall–Kier alpha value is -1.99. The van der Waals surface area contributed by atoms with Gasteiger partial charge in [0.15, 0.2) is 5.69 Å². The second kappa shape index (κ2) is 6.25. The molecule has 4 rings (SSSR count). The molecule has 1 aliphatic rings. The van der Waals surface area contributed by atoms with Gasteiger partial charge in [-0.25, -0.2) is 0 Å². The second-order valence-electron chi connectivity index (χ2n) is 5.46. The van der Waals surface area contributed by atoms with Crippen molar-refractivity contribution in [3.05, 3.63) is 41.0 Å². The van der Waals surface area contributed by atoms with E-state index in [9.17, 15) is 0 Å². The molecule has 0 spiro atoms. The number of rotatable bonds is 3. The molecule has 7 heteroatoms. The fourth-order valence-corrected chi connectivity index (χ4v) is 3.08. The molecule has 1 aromatic carbocycles. The highest BCUT2D eigenvalue weighted by Crippen LogP contribution is 2.25. The minimum absolute atomic E-state index is 0.380. The minimum atomic E-state index is 0.380. The predicted molar refractivity (Wildman–Crippen MR) is 87.7 cm³/mol. The van der Waals surface area contributed by atoms with Crippen molar-refractivity contribution in [1.29, 1.82) is 0 Å². The van der Waals surface area contributed by atoms with E-state index in [1.165, 1.54) is 0 Å². The van der Waals surface area contributed by atoms with Crippen LogP contribution >= 0.6 is 15.9 Å². The Bertz CT molecular complexity index is 808. The number of ether oxygens (including phenoxy) is 1. The van der Waals surface area contributed by atoms with Gasteiger partial charge < -0.3 is 9.26 Å². The summed E-state index contributed by atoms with van der Waals surface area (Å²) in [6, 6.07) is 10.1. The van der Waals surface area contributed by atoms with E-state index in [0.29, 0.717) is 23.5 Å². The van der Waals surface area contributed by atoms with Gasteiger partial charge in [0, 0.05) is 29.4 Å². The maximum atomic E-state index is 5.39. The van der Waals surface area contributed by atoms with Crippen LogP contribution in [0.2, 0.25) is 0 Å². The predicted octanol–water partition coefficient (Wildman–Crippen LogP) is 3.71. The van der Waals surface area contributed by atoms with E-state index in [-0.39, 0.29) is 0 Å². The third-order valence-corrected chi connectivity index (χ3v) is 4.39. The Morgan fingerprint density at radius 3 is 2.87 bits per heavy atom. The first-order valence-electron chi connectivity index (χ1n) is 7.52. The molecule has 1 aliphatic heterocycles. The Kier molecular flexibility index (Phi) is 3.97. The zero-order chi connectivity index (χ0) is 15.6. The third kappa shape index (κ3) is 3.07. The monoisotopic (exact) mass is 374 g/mol. The SMILES string of the molecule is Brc1cccc(-c2noc(-c3ccn(C4CCOCC4)n3)n2)c1. The van der Waals surface area contributed by atoms with Crippen LogP contribution < -0.4 is 0 Å². The van der Waals surface area contributed by atoms with Crippen LogP contribution in [-0.4, -0.2) is 33.1 Å². The zero-order valence-electron chi connectivity index (χ0n) is 12.4. The van der Waals surface area contributed by atoms with Gasteiger partial charge in [-0.2, -0.15) is 10.1 Å². The largest absolute Gasteiger partial charge is 0.381 e. The highest BCUT2D eigenvalue weighted by molar-refractivity contribution is 9.10. The van der Waals surface area contributed by atoms with Crippen molar-refractivity contribution in [1.82, 2.24) is 19.9 Å². The summed E-state index contributed by atoms with van der Waals surface area (Å²) in [6.07, 6.45) is 3.93. The van der Waals surface area contributed by atoms with E-state index in [1.54, 1.807) is 0 Å². The maximum absolute atomic E-state index is 5.39. The first kappa shape index (κ1) is 14.6. The topological polar surface area (TPSA) is 66.0 Å². The van der Waals surface area contributed by atoms with Crippen molar-refractivity contribution in [2.75, 3.05) is 13.2 Å². The molecule has 0 saturated carbocycles. The highest BCUT2D eigenvalue weighted by atomic mass is 79.9. The lowest BCUT2D eigenvalue weighted by atomic mass is 10.1. The molecular weight excluding hydrogens is 360 g/mol. The number of benzene rings is 1. The average molecular weight is 375 g/mol. The van der Waals surface area contributed by atoms with Crippen molar-refractivity contribution in [2.45, 2.75) is 18.9 Å². The summed E-state index contributed by atoms with van der Waals surface area (Å²) in [5.74, 6) is 0.993. The van der Waals surface area contributed by atoms with Gasteiger partial charge in [0.25, 0.3) is 5.89 Å². The van der Waals surface area contributed by atoms with E-state index >= 15 is 0 Å². The summed E-state index contributed by atoms with van der Waals surface area (Å²) in [5, 5.41) is 8.63. The summed E-state index contributed by atoms with van der Waals surface area (Å²) in [4.78, 5) is 4.45. The molecule has 0 amide bonds. The first-order valence-corrected chi connectivity index (χ1v) is 8.32. The number of hydrogen-bond donors (Lipinski definition) is 0. The van der Waals surface area contributed by atoms with Crippen LogP contribution in [0.25, 0.3) is 23.0 Å². The highest BCUT2D eigenvalue weighted by Gasteiger charge is 2.19. The second-order valence-corrected chi connectivity index (χ2v) is 6.37. The molecule has 0 atom stereocenters. The fourth-order valence-electron chi connectivity index (χ4n) is 2.68. The van der Waals surface area contributed by atoms with Crippen molar-refractivity contribution in [2.24, 2.45) is 0 Å². The third-order valence-electron chi connectivity index (χ3n) is 3.90. The smallest absolute Gasteiger partial charge is 0.278 e. The molecule has 0 radical (unpaired) electrons. The normalized spacial score (nSPS) is 15.9. The maximum Gasteiger partial charge on any atom is 0.278 e. The molecule has 118 valence electrons. The summed E-state index contributed by atoms with van der Waals surface area (Å²) in [6.45, 7) is 1.57. The Morgan fingerprint density at radius 1 is 1.17 bits per heavy atom. The number of aromatic nitrogens is 4. The summed E-state index contributed by atoms with van der Waals surface area (Å²) < 4.78 is 13.7. The molecule has 0 N–H and O–H groups in total. The lowest BCUT2D eigenvalue weighted by Crippen LogP contribution is -2.19. The Labute approximate surface area is 141 Å². The summed E-state index contributed by atoms with van der Waals surface area (Å²) >= 11 is 3.45. The van der Waals surface area contributed by atoms with E-state index in [0.717, 1.165) is 36.1 Å². The molecule has 3 aromatic rings. The molecule has 23 heavy (non-hydrogen) atoms. The Morgan fingerprint density at radius 2 is 2.04 bits per heavy atom. The molecule has 1 fully saturated rings. The molecular formula is C16H15BrN4O2. The van der Waals surface area contributed by atoms with E-state index in [4.69, 9.17) is 9.26 Å².